The van der Waals surface area contributed by atoms with Crippen LogP contribution in [0.5, 0.6) is 5.88 Å². The molecule has 0 saturated heterocycles. The Labute approximate surface area is 99.3 Å². The lowest BCUT2D eigenvalue weighted by Gasteiger charge is -2.07. The number of ether oxygens (including phenoxy) is 2. The van der Waals surface area contributed by atoms with E-state index in [-0.39, 0.29) is 6.61 Å². The van der Waals surface area contributed by atoms with Gasteiger partial charge in [0, 0.05) is 12.6 Å². The average Bonchev–Trinajstić information content (AvgIpc) is 2.29. The molecule has 0 fully saturated rings. The second-order valence-corrected chi connectivity index (χ2v) is 3.12. The van der Waals surface area contributed by atoms with Gasteiger partial charge in [-0.05, 0) is 6.92 Å². The third kappa shape index (κ3) is 5.67. The largest absolute Gasteiger partial charge is 0.478 e. The molecule has 0 radical (unpaired) electrons. The van der Waals surface area contributed by atoms with E-state index in [0.29, 0.717) is 31.5 Å². The molecule has 17 heavy (non-hydrogen) atoms. The molecule has 0 unspecified atom stereocenters. The normalized spacial score (nSPS) is 9.94. The highest BCUT2D eigenvalue weighted by molar-refractivity contribution is 5.74. The number of aromatic nitrogens is 2. The first-order valence-corrected chi connectivity index (χ1v) is 5.27. The molecule has 3 N–H and O–H groups in total. The fourth-order valence-corrected chi connectivity index (χ4v) is 1.09. The Hall–Kier alpha value is -1.89. The lowest BCUT2D eigenvalue weighted by molar-refractivity contribution is -0.122. The monoisotopic (exact) mass is 240 g/mol. The molecule has 0 aromatic carbocycles. The van der Waals surface area contributed by atoms with Crippen molar-refractivity contribution in [1.29, 1.82) is 0 Å². The van der Waals surface area contributed by atoms with Gasteiger partial charge in [-0.2, -0.15) is 0 Å². The Bertz CT molecular complexity index is 359. The highest BCUT2D eigenvalue weighted by atomic mass is 16.5. The Morgan fingerprint density at radius 1 is 1.53 bits per heavy atom. The predicted molar refractivity (Wildman–Crippen MR) is 61.7 cm³/mol. The molecule has 0 aliphatic rings. The number of anilines is 1. The zero-order valence-corrected chi connectivity index (χ0v) is 9.68. The maximum Gasteiger partial charge on any atom is 0.243 e. The lowest BCUT2D eigenvalue weighted by Crippen LogP contribution is -2.20. The number of nitrogens with one attached hydrogen (secondary N) is 1. The van der Waals surface area contributed by atoms with Crippen molar-refractivity contribution in [2.75, 3.05) is 31.7 Å². The molecule has 0 aliphatic carbocycles. The fourth-order valence-electron chi connectivity index (χ4n) is 1.09. The number of hydrogen-bond donors (Lipinski definition) is 2. The molecule has 0 bridgehead atoms. The summed E-state index contributed by atoms with van der Waals surface area (Å²) in [4.78, 5) is 18.3. The van der Waals surface area contributed by atoms with Crippen molar-refractivity contribution < 1.29 is 14.3 Å². The molecule has 94 valence electrons. The van der Waals surface area contributed by atoms with E-state index in [1.807, 2.05) is 6.92 Å². The minimum Gasteiger partial charge on any atom is -0.478 e. The molecule has 0 spiro atoms. The third-order valence-corrected chi connectivity index (χ3v) is 1.73. The average molecular weight is 240 g/mol. The summed E-state index contributed by atoms with van der Waals surface area (Å²) in [5, 5.41) is 3.01. The van der Waals surface area contributed by atoms with Gasteiger partial charge in [-0.1, -0.05) is 0 Å². The summed E-state index contributed by atoms with van der Waals surface area (Å²) in [6.07, 6.45) is 1.41. The summed E-state index contributed by atoms with van der Waals surface area (Å²) >= 11 is 0. The van der Waals surface area contributed by atoms with Gasteiger partial charge in [0.1, 0.15) is 18.8 Å². The minimum atomic E-state index is -0.481. The van der Waals surface area contributed by atoms with Crippen molar-refractivity contribution in [2.45, 2.75) is 6.92 Å². The second kappa shape index (κ2) is 7.39. The van der Waals surface area contributed by atoms with E-state index in [1.165, 1.54) is 6.33 Å². The Balaban J connectivity index is 2.26. The van der Waals surface area contributed by atoms with Gasteiger partial charge in [0.15, 0.2) is 0 Å². The number of carbonyl (C=O) groups excluding carboxylic acids is 1. The van der Waals surface area contributed by atoms with Gasteiger partial charge in [-0.25, -0.2) is 9.97 Å². The van der Waals surface area contributed by atoms with Crippen LogP contribution in [0.1, 0.15) is 6.92 Å². The Morgan fingerprint density at radius 3 is 3.06 bits per heavy atom. The number of amides is 1. The zero-order chi connectivity index (χ0) is 12.5. The molecule has 1 aromatic rings. The van der Waals surface area contributed by atoms with Gasteiger partial charge in [0.25, 0.3) is 0 Å². The van der Waals surface area contributed by atoms with Crippen LogP contribution in [0.25, 0.3) is 0 Å². The van der Waals surface area contributed by atoms with Crippen LogP contribution >= 0.6 is 0 Å². The maximum atomic E-state index is 10.4. The van der Waals surface area contributed by atoms with Crippen LogP contribution in [0.4, 0.5) is 5.82 Å². The maximum absolute atomic E-state index is 10.4. The molecule has 7 heteroatoms. The van der Waals surface area contributed by atoms with Gasteiger partial charge in [0.2, 0.25) is 11.8 Å². The van der Waals surface area contributed by atoms with Gasteiger partial charge < -0.3 is 20.5 Å². The lowest BCUT2D eigenvalue weighted by atomic mass is 10.5. The highest BCUT2D eigenvalue weighted by Gasteiger charge is 1.99. The Kier molecular flexibility index (Phi) is 5.73. The van der Waals surface area contributed by atoms with Gasteiger partial charge in [0.05, 0.1) is 13.2 Å². The molecule has 7 nitrogen and oxygen atoms in total. The molecule has 0 aliphatic heterocycles. The molecule has 0 atom stereocenters. The Morgan fingerprint density at radius 2 is 2.35 bits per heavy atom. The van der Waals surface area contributed by atoms with Crippen LogP contribution in [0.2, 0.25) is 0 Å². The highest BCUT2D eigenvalue weighted by Crippen LogP contribution is 2.10. The van der Waals surface area contributed by atoms with Crippen LogP contribution in [-0.4, -0.2) is 42.2 Å². The van der Waals surface area contributed by atoms with E-state index in [4.69, 9.17) is 15.2 Å². The van der Waals surface area contributed by atoms with Crippen molar-refractivity contribution in [1.82, 2.24) is 9.97 Å². The predicted octanol–water partition coefficient (Wildman–Crippen LogP) is -0.211. The van der Waals surface area contributed by atoms with E-state index >= 15 is 0 Å². The van der Waals surface area contributed by atoms with Gasteiger partial charge in [-0.3, -0.25) is 4.79 Å². The van der Waals surface area contributed by atoms with Crippen LogP contribution in [0.15, 0.2) is 12.4 Å². The number of hydrogen-bond acceptors (Lipinski definition) is 6. The first kappa shape index (κ1) is 13.2. The molecule has 0 saturated carbocycles. The fraction of sp³-hybridized carbons (Fsp3) is 0.500. The van der Waals surface area contributed by atoms with E-state index in [9.17, 15) is 4.79 Å². The van der Waals surface area contributed by atoms with Gasteiger partial charge >= 0.3 is 0 Å². The number of nitrogens with zero attached hydrogens (tertiary/aromatic N) is 2. The number of nitrogens with two attached hydrogens (primary N) is 1. The summed E-state index contributed by atoms with van der Waals surface area (Å²) in [7, 11) is 0. The quantitative estimate of drug-likeness (QED) is 0.610. The van der Waals surface area contributed by atoms with Crippen molar-refractivity contribution in [3.8, 4) is 5.88 Å². The van der Waals surface area contributed by atoms with Gasteiger partial charge in [-0.15, -0.1) is 0 Å². The molecule has 1 rings (SSSR count). The van der Waals surface area contributed by atoms with E-state index < -0.39 is 5.91 Å². The SMILES string of the molecule is CCOc1cc(NCCOCC(N)=O)ncn1. The summed E-state index contributed by atoms with van der Waals surface area (Å²) in [5.74, 6) is 0.680. The molecule has 1 heterocycles. The van der Waals surface area contributed by atoms with Crippen LogP contribution in [0.3, 0.4) is 0 Å². The molecular formula is C10H16N4O3. The van der Waals surface area contributed by atoms with Crippen LogP contribution < -0.4 is 15.8 Å². The second-order valence-electron chi connectivity index (χ2n) is 3.12. The summed E-state index contributed by atoms with van der Waals surface area (Å²) in [6, 6.07) is 1.69. The topological polar surface area (TPSA) is 99.4 Å². The van der Waals surface area contributed by atoms with Crippen molar-refractivity contribution in [2.24, 2.45) is 5.73 Å². The van der Waals surface area contributed by atoms with Crippen molar-refractivity contribution in [3.05, 3.63) is 12.4 Å². The van der Waals surface area contributed by atoms with Crippen molar-refractivity contribution >= 4 is 11.7 Å². The number of primary amides is 1. The molecule has 1 amide bonds. The minimum absolute atomic E-state index is 0.0738. The number of carbonyl (C=O) groups is 1. The smallest absolute Gasteiger partial charge is 0.243 e. The third-order valence-electron chi connectivity index (χ3n) is 1.73. The summed E-state index contributed by atoms with van der Waals surface area (Å²) < 4.78 is 10.2. The standard InChI is InChI=1S/C10H16N4O3/c1-2-17-10-5-9(13-7-14-10)12-3-4-16-6-8(11)15/h5,7H,2-4,6H2,1H3,(H2,11,15)(H,12,13,14). The van der Waals surface area contributed by atoms with E-state index in [1.54, 1.807) is 6.07 Å². The van der Waals surface area contributed by atoms with E-state index in [0.717, 1.165) is 0 Å². The number of rotatable bonds is 8. The molecular weight excluding hydrogens is 224 g/mol. The van der Waals surface area contributed by atoms with Crippen molar-refractivity contribution in [3.63, 3.8) is 0 Å². The van der Waals surface area contributed by atoms with Crippen LogP contribution in [0, 0.1) is 0 Å². The van der Waals surface area contributed by atoms with Crippen LogP contribution in [-0.2, 0) is 9.53 Å². The summed E-state index contributed by atoms with van der Waals surface area (Å²) in [5.41, 5.74) is 4.92. The molecule has 1 aromatic heterocycles. The zero-order valence-electron chi connectivity index (χ0n) is 9.68. The first-order valence-electron chi connectivity index (χ1n) is 5.27. The van der Waals surface area contributed by atoms with E-state index in [2.05, 4.69) is 15.3 Å². The first-order chi connectivity index (χ1) is 8.22. The summed E-state index contributed by atoms with van der Waals surface area (Å²) in [6.45, 7) is 3.26.